The van der Waals surface area contributed by atoms with Crippen LogP contribution in [0.2, 0.25) is 0 Å². The van der Waals surface area contributed by atoms with Crippen LogP contribution in [0.3, 0.4) is 0 Å². The molecule has 0 aliphatic rings. The van der Waals surface area contributed by atoms with Crippen LogP contribution < -0.4 is 5.73 Å². The van der Waals surface area contributed by atoms with Crippen LogP contribution in [0.15, 0.2) is 18.2 Å². The summed E-state index contributed by atoms with van der Waals surface area (Å²) in [4.78, 5) is 0. The molecular formula is C10H13F2NO2S. The van der Waals surface area contributed by atoms with Crippen molar-refractivity contribution in [1.29, 1.82) is 0 Å². The molecule has 0 saturated heterocycles. The van der Waals surface area contributed by atoms with E-state index in [0.29, 0.717) is 0 Å². The van der Waals surface area contributed by atoms with E-state index < -0.39 is 26.7 Å². The second-order valence-electron chi connectivity index (χ2n) is 3.60. The molecule has 16 heavy (non-hydrogen) atoms. The van der Waals surface area contributed by atoms with Crippen molar-refractivity contribution in [2.45, 2.75) is 17.9 Å². The second kappa shape index (κ2) is 4.88. The quantitative estimate of drug-likeness (QED) is 0.873. The van der Waals surface area contributed by atoms with E-state index in [9.17, 15) is 17.2 Å². The molecule has 0 bridgehead atoms. The Hall–Kier alpha value is -1.01. The van der Waals surface area contributed by atoms with Crippen molar-refractivity contribution in [2.75, 3.05) is 6.54 Å². The third kappa shape index (κ3) is 2.99. The van der Waals surface area contributed by atoms with Crippen molar-refractivity contribution in [3.8, 4) is 0 Å². The van der Waals surface area contributed by atoms with Gasteiger partial charge in [0.1, 0.15) is 0 Å². The maximum atomic E-state index is 12.8. The topological polar surface area (TPSA) is 60.2 Å². The molecule has 0 spiro atoms. The number of rotatable bonds is 4. The first kappa shape index (κ1) is 13.1. The van der Waals surface area contributed by atoms with Crippen LogP contribution in [0.25, 0.3) is 0 Å². The lowest BCUT2D eigenvalue weighted by molar-refractivity contribution is 0.507. The van der Waals surface area contributed by atoms with Gasteiger partial charge in [-0.05, 0) is 24.6 Å². The number of benzene rings is 1. The largest absolute Gasteiger partial charge is 0.329 e. The molecule has 90 valence electrons. The summed E-state index contributed by atoms with van der Waals surface area (Å²) in [6.07, 6.45) is 0. The maximum Gasteiger partial charge on any atom is 0.159 e. The Morgan fingerprint density at radius 3 is 2.44 bits per heavy atom. The number of sulfone groups is 1. The maximum absolute atomic E-state index is 12.8. The van der Waals surface area contributed by atoms with Crippen LogP contribution >= 0.6 is 0 Å². The van der Waals surface area contributed by atoms with Gasteiger partial charge in [0.2, 0.25) is 0 Å². The van der Waals surface area contributed by atoms with Gasteiger partial charge in [-0.2, -0.15) is 0 Å². The highest BCUT2D eigenvalue weighted by molar-refractivity contribution is 7.91. The molecule has 1 aromatic carbocycles. The van der Waals surface area contributed by atoms with E-state index in [0.717, 1.165) is 12.1 Å². The molecule has 0 radical (unpaired) electrons. The lowest BCUT2D eigenvalue weighted by Crippen LogP contribution is -2.27. The monoisotopic (exact) mass is 249 g/mol. The summed E-state index contributed by atoms with van der Waals surface area (Å²) in [6, 6.07) is 3.04. The van der Waals surface area contributed by atoms with Crippen molar-refractivity contribution >= 4 is 9.84 Å². The summed E-state index contributed by atoms with van der Waals surface area (Å²) in [6.45, 7) is 1.49. The van der Waals surface area contributed by atoms with E-state index in [1.54, 1.807) is 0 Å². The van der Waals surface area contributed by atoms with Crippen molar-refractivity contribution in [2.24, 2.45) is 5.73 Å². The zero-order valence-electron chi connectivity index (χ0n) is 8.78. The van der Waals surface area contributed by atoms with Gasteiger partial charge in [0.05, 0.1) is 11.0 Å². The van der Waals surface area contributed by atoms with Gasteiger partial charge in [-0.1, -0.05) is 6.07 Å². The Labute approximate surface area is 93.2 Å². The molecular weight excluding hydrogens is 236 g/mol. The summed E-state index contributed by atoms with van der Waals surface area (Å²) in [7, 11) is -3.41. The van der Waals surface area contributed by atoms with Crippen molar-refractivity contribution in [3.05, 3.63) is 35.4 Å². The minimum absolute atomic E-state index is 0.00596. The first-order valence-electron chi connectivity index (χ1n) is 4.72. The molecule has 0 amide bonds. The number of hydrogen-bond donors (Lipinski definition) is 1. The highest BCUT2D eigenvalue weighted by Gasteiger charge is 2.20. The van der Waals surface area contributed by atoms with E-state index in [-0.39, 0.29) is 17.9 Å². The predicted octanol–water partition coefficient (Wildman–Crippen LogP) is 1.23. The van der Waals surface area contributed by atoms with Crippen LogP contribution in [0, 0.1) is 11.6 Å². The zero-order valence-corrected chi connectivity index (χ0v) is 9.60. The molecule has 1 atom stereocenters. The lowest BCUT2D eigenvalue weighted by atomic mass is 10.2. The van der Waals surface area contributed by atoms with Gasteiger partial charge >= 0.3 is 0 Å². The molecule has 1 aromatic rings. The normalized spacial score (nSPS) is 13.8. The average Bonchev–Trinajstić information content (AvgIpc) is 2.22. The van der Waals surface area contributed by atoms with Gasteiger partial charge in [-0.15, -0.1) is 0 Å². The molecule has 0 aliphatic carbocycles. The SMILES string of the molecule is CC(CN)S(=O)(=O)Cc1ccc(F)c(F)c1. The molecule has 0 aromatic heterocycles. The highest BCUT2D eigenvalue weighted by Crippen LogP contribution is 2.14. The highest BCUT2D eigenvalue weighted by atomic mass is 32.2. The van der Waals surface area contributed by atoms with Gasteiger partial charge in [0.15, 0.2) is 21.5 Å². The molecule has 6 heteroatoms. The van der Waals surface area contributed by atoms with Crippen molar-refractivity contribution < 1.29 is 17.2 Å². The Balaban J connectivity index is 2.93. The first-order chi connectivity index (χ1) is 7.36. The number of nitrogens with two attached hydrogens (primary N) is 1. The summed E-state index contributed by atoms with van der Waals surface area (Å²) >= 11 is 0. The fourth-order valence-electron chi connectivity index (χ4n) is 1.15. The summed E-state index contributed by atoms with van der Waals surface area (Å²) in [5, 5.41) is -0.694. The van der Waals surface area contributed by atoms with Gasteiger partial charge in [0.25, 0.3) is 0 Å². The van der Waals surface area contributed by atoms with Crippen LogP contribution in [-0.4, -0.2) is 20.2 Å². The van der Waals surface area contributed by atoms with E-state index >= 15 is 0 Å². The third-order valence-corrected chi connectivity index (χ3v) is 4.45. The van der Waals surface area contributed by atoms with Crippen LogP contribution in [-0.2, 0) is 15.6 Å². The Kier molecular flexibility index (Phi) is 3.98. The third-order valence-electron chi connectivity index (χ3n) is 2.30. The standard InChI is InChI=1S/C10H13F2NO2S/c1-7(5-13)16(14,15)6-8-2-3-9(11)10(12)4-8/h2-4,7H,5-6,13H2,1H3. The van der Waals surface area contributed by atoms with Crippen molar-refractivity contribution in [1.82, 2.24) is 0 Å². The van der Waals surface area contributed by atoms with Crippen LogP contribution in [0.4, 0.5) is 8.78 Å². The Bertz CT molecular complexity index is 474. The molecule has 1 rings (SSSR count). The lowest BCUT2D eigenvalue weighted by Gasteiger charge is -2.10. The average molecular weight is 249 g/mol. The van der Waals surface area contributed by atoms with Gasteiger partial charge in [0, 0.05) is 6.54 Å². The molecule has 2 N–H and O–H groups in total. The van der Waals surface area contributed by atoms with E-state index in [1.807, 2.05) is 0 Å². The molecule has 0 aliphatic heterocycles. The fraction of sp³-hybridized carbons (Fsp3) is 0.400. The molecule has 0 heterocycles. The molecule has 0 fully saturated rings. The van der Waals surface area contributed by atoms with E-state index in [1.165, 1.54) is 13.0 Å². The van der Waals surface area contributed by atoms with Crippen LogP contribution in [0.1, 0.15) is 12.5 Å². The molecule has 0 saturated carbocycles. The molecule has 1 unspecified atom stereocenters. The number of hydrogen-bond acceptors (Lipinski definition) is 3. The predicted molar refractivity (Wildman–Crippen MR) is 57.5 cm³/mol. The first-order valence-corrected chi connectivity index (χ1v) is 6.44. The second-order valence-corrected chi connectivity index (χ2v) is 6.02. The summed E-state index contributed by atoms with van der Waals surface area (Å²) in [5.74, 6) is -2.37. The molecule has 3 nitrogen and oxygen atoms in total. The van der Waals surface area contributed by atoms with Crippen molar-refractivity contribution in [3.63, 3.8) is 0 Å². The fourth-order valence-corrected chi connectivity index (χ4v) is 2.37. The van der Waals surface area contributed by atoms with E-state index in [2.05, 4.69) is 0 Å². The number of halogens is 2. The summed E-state index contributed by atoms with van der Waals surface area (Å²) in [5.41, 5.74) is 5.47. The van der Waals surface area contributed by atoms with E-state index in [4.69, 9.17) is 5.73 Å². The smallest absolute Gasteiger partial charge is 0.159 e. The summed E-state index contributed by atoms with van der Waals surface area (Å²) < 4.78 is 48.7. The zero-order chi connectivity index (χ0) is 12.3. The minimum Gasteiger partial charge on any atom is -0.329 e. The van der Waals surface area contributed by atoms with Gasteiger partial charge in [-0.25, -0.2) is 17.2 Å². The Morgan fingerprint density at radius 2 is 1.94 bits per heavy atom. The van der Waals surface area contributed by atoms with Gasteiger partial charge < -0.3 is 5.73 Å². The minimum atomic E-state index is -3.41. The van der Waals surface area contributed by atoms with Crippen LogP contribution in [0.5, 0.6) is 0 Å². The van der Waals surface area contributed by atoms with Gasteiger partial charge in [-0.3, -0.25) is 0 Å². The Morgan fingerprint density at radius 1 is 1.31 bits per heavy atom.